The van der Waals surface area contributed by atoms with E-state index in [1.165, 1.54) is 18.2 Å². The molecule has 1 aliphatic heterocycles. The van der Waals surface area contributed by atoms with Crippen molar-refractivity contribution in [1.82, 2.24) is 0 Å². The zero-order valence-electron chi connectivity index (χ0n) is 23.6. The molecule has 3 aromatic carbocycles. The first kappa shape index (κ1) is 28.4. The fourth-order valence-electron chi connectivity index (χ4n) is 5.35. The number of fused-ring (bicyclic) bond motifs is 2. The molecule has 0 aromatic heterocycles. The standard InChI is InChI=1S/C37H30O6/c38-35-29-15-7-8-16-30(29)36(39)32-24-27(18-20-31(32)35)37(40)42-28-14-6-2-5-13-26(23-25-11-3-1-4-12-25)33(21-19-28)43-34-17-9-10-22-41-34/h1,3-4,7-8,11-12,15-16,18,20,23-24,28,33-34H,2,6,9-10,14,17,22H2/b26-23+. The number of esters is 1. The summed E-state index contributed by atoms with van der Waals surface area (Å²) in [5.74, 6) is 11.7. The fourth-order valence-corrected chi connectivity index (χ4v) is 5.35. The summed E-state index contributed by atoms with van der Waals surface area (Å²) in [7, 11) is 0. The summed E-state index contributed by atoms with van der Waals surface area (Å²) >= 11 is 0. The molecule has 3 aromatic rings. The van der Waals surface area contributed by atoms with Crippen LogP contribution in [0.4, 0.5) is 0 Å². The first-order valence-electron chi connectivity index (χ1n) is 14.6. The van der Waals surface area contributed by atoms with Crippen LogP contribution < -0.4 is 0 Å². The van der Waals surface area contributed by atoms with Crippen LogP contribution in [0, 0.1) is 23.7 Å². The van der Waals surface area contributed by atoms with Gasteiger partial charge in [-0.1, -0.05) is 78.3 Å². The van der Waals surface area contributed by atoms with Crippen LogP contribution in [-0.4, -0.2) is 42.6 Å². The normalized spacial score (nSPS) is 22.2. The van der Waals surface area contributed by atoms with Gasteiger partial charge in [-0.15, -0.1) is 0 Å². The predicted molar refractivity (Wildman–Crippen MR) is 161 cm³/mol. The highest BCUT2D eigenvalue weighted by atomic mass is 16.7. The Kier molecular flexibility index (Phi) is 8.61. The molecular weight excluding hydrogens is 540 g/mol. The van der Waals surface area contributed by atoms with E-state index >= 15 is 0 Å². The van der Waals surface area contributed by atoms with Crippen LogP contribution in [0.1, 0.15) is 86.3 Å². The van der Waals surface area contributed by atoms with Crippen LogP contribution in [-0.2, 0) is 14.2 Å². The Morgan fingerprint density at radius 1 is 0.814 bits per heavy atom. The second kappa shape index (κ2) is 13.0. The maximum atomic E-state index is 13.3. The minimum absolute atomic E-state index is 0.186. The molecule has 2 aliphatic carbocycles. The third-order valence-corrected chi connectivity index (χ3v) is 7.62. The van der Waals surface area contributed by atoms with Gasteiger partial charge < -0.3 is 14.2 Å². The van der Waals surface area contributed by atoms with Gasteiger partial charge in [0.25, 0.3) is 0 Å². The van der Waals surface area contributed by atoms with Crippen LogP contribution >= 0.6 is 0 Å². The summed E-state index contributed by atoms with van der Waals surface area (Å²) < 4.78 is 18.0. The largest absolute Gasteiger partial charge is 0.446 e. The number of hydrogen-bond donors (Lipinski definition) is 0. The van der Waals surface area contributed by atoms with Crippen molar-refractivity contribution in [3.05, 3.63) is 112 Å². The predicted octanol–water partition coefficient (Wildman–Crippen LogP) is 6.17. The molecule has 0 radical (unpaired) electrons. The van der Waals surface area contributed by atoms with E-state index in [1.54, 1.807) is 24.3 Å². The maximum absolute atomic E-state index is 13.3. The Morgan fingerprint density at radius 3 is 2.33 bits per heavy atom. The molecule has 43 heavy (non-hydrogen) atoms. The van der Waals surface area contributed by atoms with E-state index in [9.17, 15) is 14.4 Å². The number of ether oxygens (including phenoxy) is 3. The van der Waals surface area contributed by atoms with Gasteiger partial charge >= 0.3 is 5.97 Å². The van der Waals surface area contributed by atoms with Crippen molar-refractivity contribution in [2.45, 2.75) is 57.0 Å². The summed E-state index contributed by atoms with van der Waals surface area (Å²) in [6.07, 6.45) is 4.76. The molecule has 1 heterocycles. The lowest BCUT2D eigenvalue weighted by Gasteiger charge is -2.26. The van der Waals surface area contributed by atoms with Gasteiger partial charge in [0.05, 0.1) is 5.56 Å². The SMILES string of the molecule is O=C(OC1C#CC(OC2CCCCO2)/C(=C/c2ccccc2)C#CCCC1)c1ccc2c(c1)C(=O)c1ccccc1C2=O. The van der Waals surface area contributed by atoms with E-state index in [-0.39, 0.29) is 34.5 Å². The monoisotopic (exact) mass is 570 g/mol. The first-order chi connectivity index (χ1) is 21.1. The Bertz CT molecular complexity index is 1710. The number of rotatable bonds is 5. The summed E-state index contributed by atoms with van der Waals surface area (Å²) in [4.78, 5) is 39.5. The van der Waals surface area contributed by atoms with Crippen LogP contribution in [0.3, 0.4) is 0 Å². The summed E-state index contributed by atoms with van der Waals surface area (Å²) in [6.45, 7) is 0.634. The van der Waals surface area contributed by atoms with Crippen LogP contribution in [0.25, 0.3) is 6.08 Å². The molecule has 1 fully saturated rings. The van der Waals surface area contributed by atoms with Crippen LogP contribution in [0.2, 0.25) is 0 Å². The smallest absolute Gasteiger partial charge is 0.339 e. The zero-order valence-corrected chi connectivity index (χ0v) is 23.6. The molecule has 0 N–H and O–H groups in total. The van der Waals surface area contributed by atoms with Crippen molar-refractivity contribution in [3.8, 4) is 23.7 Å². The molecule has 214 valence electrons. The average molecular weight is 571 g/mol. The number of hydrogen-bond acceptors (Lipinski definition) is 6. The van der Waals surface area contributed by atoms with Gasteiger partial charge in [-0.05, 0) is 61.9 Å². The zero-order chi connectivity index (χ0) is 29.6. The number of ketones is 2. The van der Waals surface area contributed by atoms with Gasteiger partial charge in [0.15, 0.2) is 30.1 Å². The topological polar surface area (TPSA) is 78.9 Å². The number of benzene rings is 3. The first-order valence-corrected chi connectivity index (χ1v) is 14.6. The molecule has 0 saturated carbocycles. The Hall–Kier alpha value is -4.75. The summed E-state index contributed by atoms with van der Waals surface area (Å²) in [5.41, 5.74) is 3.06. The van der Waals surface area contributed by atoms with Crippen molar-refractivity contribution in [1.29, 1.82) is 0 Å². The lowest BCUT2D eigenvalue weighted by molar-refractivity contribution is -0.169. The molecule has 3 atom stereocenters. The minimum Gasteiger partial charge on any atom is -0.446 e. The van der Waals surface area contributed by atoms with Crippen LogP contribution in [0.15, 0.2) is 78.4 Å². The second-order valence-electron chi connectivity index (χ2n) is 10.7. The molecule has 6 nitrogen and oxygen atoms in total. The highest BCUT2D eigenvalue weighted by molar-refractivity contribution is 6.28. The molecular formula is C37H30O6. The van der Waals surface area contributed by atoms with E-state index in [4.69, 9.17) is 14.2 Å². The Morgan fingerprint density at radius 2 is 1.56 bits per heavy atom. The maximum Gasteiger partial charge on any atom is 0.339 e. The molecule has 1 saturated heterocycles. The number of carbonyl (C=O) groups excluding carboxylic acids is 3. The van der Waals surface area contributed by atoms with Gasteiger partial charge in [0, 0.05) is 40.9 Å². The Balaban J connectivity index is 1.26. The third-order valence-electron chi connectivity index (χ3n) is 7.62. The molecule has 0 amide bonds. The van der Waals surface area contributed by atoms with Crippen molar-refractivity contribution < 1.29 is 28.6 Å². The van der Waals surface area contributed by atoms with Crippen molar-refractivity contribution in [2.75, 3.05) is 6.61 Å². The van der Waals surface area contributed by atoms with Crippen molar-refractivity contribution >= 4 is 23.6 Å². The quantitative estimate of drug-likeness (QED) is 0.211. The van der Waals surface area contributed by atoms with Crippen LogP contribution in [0.5, 0.6) is 0 Å². The van der Waals surface area contributed by atoms with Gasteiger partial charge in [-0.3, -0.25) is 9.59 Å². The number of carbonyl (C=O) groups is 3. The van der Waals surface area contributed by atoms with Gasteiger partial charge in [0.2, 0.25) is 0 Å². The lowest BCUT2D eigenvalue weighted by Crippen LogP contribution is -2.28. The average Bonchev–Trinajstić information content (AvgIpc) is 3.05. The molecule has 3 unspecified atom stereocenters. The van der Waals surface area contributed by atoms with E-state index in [0.717, 1.165) is 30.4 Å². The van der Waals surface area contributed by atoms with E-state index in [0.29, 0.717) is 37.0 Å². The van der Waals surface area contributed by atoms with Gasteiger partial charge in [-0.2, -0.15) is 0 Å². The van der Waals surface area contributed by atoms with E-state index in [1.807, 2.05) is 36.4 Å². The highest BCUT2D eigenvalue weighted by Gasteiger charge is 2.30. The van der Waals surface area contributed by atoms with Gasteiger partial charge in [0.1, 0.15) is 0 Å². The minimum atomic E-state index is -0.710. The molecule has 3 aliphatic rings. The second-order valence-corrected chi connectivity index (χ2v) is 10.7. The molecule has 0 spiro atoms. The van der Waals surface area contributed by atoms with Crippen molar-refractivity contribution in [3.63, 3.8) is 0 Å². The molecule has 6 rings (SSSR count). The molecule has 0 bridgehead atoms. The van der Waals surface area contributed by atoms with Gasteiger partial charge in [-0.25, -0.2) is 4.79 Å². The lowest BCUT2D eigenvalue weighted by atomic mass is 9.83. The summed E-state index contributed by atoms with van der Waals surface area (Å²) in [6, 6.07) is 21.1. The van der Waals surface area contributed by atoms with E-state index in [2.05, 4.69) is 23.7 Å². The Labute approximate surface area is 251 Å². The van der Waals surface area contributed by atoms with E-state index < -0.39 is 18.2 Å². The highest BCUT2D eigenvalue weighted by Crippen LogP contribution is 2.28. The van der Waals surface area contributed by atoms with Crippen molar-refractivity contribution in [2.24, 2.45) is 0 Å². The molecule has 6 heteroatoms. The fraction of sp³-hybridized carbons (Fsp3) is 0.270. The summed E-state index contributed by atoms with van der Waals surface area (Å²) in [5, 5.41) is 0. The third kappa shape index (κ3) is 6.52.